The monoisotopic (exact) mass is 773 g/mol. The number of rotatable bonds is 9. The number of tetrazole rings is 1. The SMILES string of the molecule is CCC(=C/c1oc2ccc(-c3ccccc3)cc2[n+]1CS(=O)(=O)O)/C=C1/Oc2ccc(-c3ccccc3)cc2N1CC.Oc1ccc(-n2[nH]nnc2=S)cc1. The van der Waals surface area contributed by atoms with Crippen molar-refractivity contribution < 1.29 is 31.8 Å². The van der Waals surface area contributed by atoms with Gasteiger partial charge >= 0.3 is 16.0 Å². The third kappa shape index (κ3) is 8.41. The molecule has 55 heavy (non-hydrogen) atoms. The van der Waals surface area contributed by atoms with Gasteiger partial charge in [0.1, 0.15) is 5.75 Å². The van der Waals surface area contributed by atoms with Crippen LogP contribution < -0.4 is 14.2 Å². The number of benzene rings is 5. The van der Waals surface area contributed by atoms with Crippen LogP contribution in [0.15, 0.2) is 143 Å². The molecule has 3 heterocycles. The van der Waals surface area contributed by atoms with Gasteiger partial charge in [-0.15, -0.1) is 4.57 Å². The molecule has 0 amide bonds. The van der Waals surface area contributed by atoms with E-state index < -0.39 is 16.0 Å². The van der Waals surface area contributed by atoms with Crippen molar-refractivity contribution >= 4 is 45.2 Å². The Morgan fingerprint density at radius 3 is 2.13 bits per heavy atom. The van der Waals surface area contributed by atoms with Gasteiger partial charge in [-0.25, -0.2) is 4.68 Å². The van der Waals surface area contributed by atoms with Crippen molar-refractivity contribution in [3.05, 3.63) is 150 Å². The highest BCUT2D eigenvalue weighted by molar-refractivity contribution is 7.84. The van der Waals surface area contributed by atoms with Crippen LogP contribution in [0.3, 0.4) is 0 Å². The first-order valence-corrected chi connectivity index (χ1v) is 19.5. The molecule has 0 saturated carbocycles. The van der Waals surface area contributed by atoms with Gasteiger partial charge in [0.05, 0.1) is 17.5 Å². The molecule has 0 fully saturated rings. The predicted molar refractivity (Wildman–Crippen MR) is 213 cm³/mol. The van der Waals surface area contributed by atoms with Crippen LogP contribution in [0.25, 0.3) is 45.1 Å². The number of ether oxygens (including phenoxy) is 1. The zero-order valence-corrected chi connectivity index (χ0v) is 31.5. The highest BCUT2D eigenvalue weighted by atomic mass is 32.2. The molecule has 0 aliphatic carbocycles. The van der Waals surface area contributed by atoms with Crippen LogP contribution in [-0.2, 0) is 16.0 Å². The number of aromatic nitrogens is 5. The lowest BCUT2D eigenvalue weighted by Gasteiger charge is -2.16. The average Bonchev–Trinajstić information content (AvgIpc) is 3.88. The number of oxazole rings is 1. The van der Waals surface area contributed by atoms with E-state index in [1.165, 1.54) is 9.25 Å². The lowest BCUT2D eigenvalue weighted by Crippen LogP contribution is -2.39. The minimum Gasteiger partial charge on any atom is -0.508 e. The van der Waals surface area contributed by atoms with Crippen molar-refractivity contribution in [1.29, 1.82) is 0 Å². The molecular weight excluding hydrogens is 737 g/mol. The first kappa shape index (κ1) is 37.0. The number of hydrogen-bond acceptors (Lipinski definition) is 9. The fourth-order valence-corrected chi connectivity index (χ4v) is 6.97. The molecule has 0 unspecified atom stereocenters. The average molecular weight is 774 g/mol. The maximum absolute atomic E-state index is 12.1. The summed E-state index contributed by atoms with van der Waals surface area (Å²) in [6.07, 6.45) is 4.39. The number of aromatic hydroxyl groups is 1. The van der Waals surface area contributed by atoms with Gasteiger partial charge in [0.15, 0.2) is 5.75 Å². The van der Waals surface area contributed by atoms with E-state index in [0.29, 0.717) is 40.6 Å². The summed E-state index contributed by atoms with van der Waals surface area (Å²) in [7, 11) is -4.35. The van der Waals surface area contributed by atoms with Gasteiger partial charge in [-0.1, -0.05) is 90.0 Å². The van der Waals surface area contributed by atoms with Crippen molar-refractivity contribution in [1.82, 2.24) is 20.2 Å². The van der Waals surface area contributed by atoms with E-state index in [1.54, 1.807) is 30.3 Å². The van der Waals surface area contributed by atoms with Gasteiger partial charge in [0.25, 0.3) is 11.4 Å². The molecule has 0 saturated heterocycles. The van der Waals surface area contributed by atoms with Crippen LogP contribution in [0, 0.1) is 4.77 Å². The summed E-state index contributed by atoms with van der Waals surface area (Å²) >= 11 is 4.90. The fourth-order valence-electron chi connectivity index (χ4n) is 6.19. The Kier molecular flexibility index (Phi) is 10.7. The van der Waals surface area contributed by atoms with Gasteiger partial charge < -0.3 is 19.2 Å². The van der Waals surface area contributed by atoms with Crippen LogP contribution in [0.1, 0.15) is 26.2 Å². The van der Waals surface area contributed by atoms with E-state index in [0.717, 1.165) is 45.0 Å². The number of anilines is 1. The number of allylic oxidation sites excluding steroid dienone is 2. The number of hydrogen-bond donors (Lipinski definition) is 3. The lowest BCUT2D eigenvalue weighted by molar-refractivity contribution is -0.658. The first-order valence-electron chi connectivity index (χ1n) is 17.4. The van der Waals surface area contributed by atoms with Crippen molar-refractivity contribution in [3.8, 4) is 39.4 Å². The van der Waals surface area contributed by atoms with Crippen LogP contribution in [-0.4, -0.2) is 44.8 Å². The second-order valence-electron chi connectivity index (χ2n) is 12.5. The first-order chi connectivity index (χ1) is 26.6. The molecule has 1 aliphatic rings. The molecule has 1 aliphatic heterocycles. The molecule has 5 aromatic carbocycles. The number of fused-ring (bicyclic) bond motifs is 2. The van der Waals surface area contributed by atoms with Crippen LogP contribution in [0.2, 0.25) is 0 Å². The number of nitrogens with one attached hydrogen (secondary N) is 1. The molecule has 8 rings (SSSR count). The maximum atomic E-state index is 12.1. The summed E-state index contributed by atoms with van der Waals surface area (Å²) in [4.78, 5) is 2.11. The Balaban J connectivity index is 0.000000301. The molecule has 3 N–H and O–H groups in total. The van der Waals surface area contributed by atoms with Gasteiger partial charge in [-0.3, -0.25) is 4.55 Å². The topological polar surface area (TPSA) is 151 Å². The van der Waals surface area contributed by atoms with Crippen LogP contribution in [0.4, 0.5) is 5.69 Å². The van der Waals surface area contributed by atoms with Crippen molar-refractivity contribution in [2.45, 2.75) is 26.1 Å². The maximum Gasteiger partial charge on any atom is 0.375 e. The predicted octanol–water partition coefficient (Wildman–Crippen LogP) is 8.48. The van der Waals surface area contributed by atoms with Crippen molar-refractivity contribution in [2.24, 2.45) is 0 Å². The standard InChI is InChI=1S/C34H30N2O5S.C7H6N4OS/c1-3-24(19-33-35(4-2)29-21-27(15-17-31(29)40-33)25-11-7-5-8-12-25)20-34-36(23-42(37,38)39)30-22-28(16-18-32(30)41-34)26-13-9-6-10-14-26;12-6-3-1-5(2-4-6)11-7(13)8-9-10-11/h5-22H,3-4,23H2,1-2H3;1-4,12H,(H,8,10,13)/p+1. The van der Waals surface area contributed by atoms with Crippen molar-refractivity contribution in [3.63, 3.8) is 0 Å². The third-order valence-corrected chi connectivity index (χ3v) is 9.74. The number of nitrogens with zero attached hydrogens (tertiary/aromatic N) is 5. The van der Waals surface area contributed by atoms with E-state index in [2.05, 4.69) is 51.6 Å². The largest absolute Gasteiger partial charge is 0.508 e. The molecule has 2 aromatic heterocycles. The van der Waals surface area contributed by atoms with Gasteiger partial charge in [-0.2, -0.15) is 13.6 Å². The molecule has 0 spiro atoms. The summed E-state index contributed by atoms with van der Waals surface area (Å²) in [6.45, 7) is 4.78. The van der Waals surface area contributed by atoms with Gasteiger partial charge in [0.2, 0.25) is 16.2 Å². The summed E-state index contributed by atoms with van der Waals surface area (Å²) < 4.78 is 49.7. The highest BCUT2D eigenvalue weighted by Crippen LogP contribution is 2.42. The molecular formula is C41H37N6O6S2+. The molecule has 0 radical (unpaired) electrons. The normalized spacial score (nSPS) is 13.4. The molecule has 7 aromatic rings. The zero-order chi connectivity index (χ0) is 38.5. The van der Waals surface area contributed by atoms with Gasteiger partial charge in [-0.05, 0) is 95.9 Å². The Hall–Kier alpha value is -6.35. The van der Waals surface area contributed by atoms with E-state index in [4.69, 9.17) is 26.5 Å². The van der Waals surface area contributed by atoms with Gasteiger partial charge in [0, 0.05) is 18.7 Å². The number of aromatic amines is 1. The second kappa shape index (κ2) is 15.9. The Morgan fingerprint density at radius 2 is 1.53 bits per heavy atom. The van der Waals surface area contributed by atoms with E-state index in [9.17, 15) is 13.0 Å². The molecule has 12 nitrogen and oxygen atoms in total. The molecule has 0 atom stereocenters. The third-order valence-electron chi connectivity index (χ3n) is 8.89. The Labute approximate surface area is 322 Å². The number of phenolic OH excluding ortho intramolecular Hbond substituents is 1. The second-order valence-corrected chi connectivity index (χ2v) is 14.3. The van der Waals surface area contributed by atoms with E-state index in [1.807, 2.05) is 85.8 Å². The minimum absolute atomic E-state index is 0.211. The van der Waals surface area contributed by atoms with Crippen LogP contribution in [0.5, 0.6) is 11.5 Å². The quantitative estimate of drug-likeness (QED) is 0.0741. The van der Waals surface area contributed by atoms with E-state index >= 15 is 0 Å². The number of H-pyrrole nitrogens is 1. The van der Waals surface area contributed by atoms with Crippen LogP contribution >= 0.6 is 12.2 Å². The van der Waals surface area contributed by atoms with Crippen molar-refractivity contribution in [2.75, 3.05) is 11.4 Å². The zero-order valence-electron chi connectivity index (χ0n) is 29.9. The minimum atomic E-state index is -4.35. The summed E-state index contributed by atoms with van der Waals surface area (Å²) in [6, 6.07) is 38.4. The van der Waals surface area contributed by atoms with E-state index in [-0.39, 0.29) is 5.75 Å². The highest BCUT2D eigenvalue weighted by Gasteiger charge is 2.29. The summed E-state index contributed by atoms with van der Waals surface area (Å²) in [5.41, 5.74) is 7.85. The molecule has 14 heteroatoms. The Morgan fingerprint density at radius 1 is 0.873 bits per heavy atom. The number of phenols is 1. The Bertz CT molecular complexity index is 2690. The summed E-state index contributed by atoms with van der Waals surface area (Å²) in [5.74, 6) is 1.34. The fraction of sp³-hybridized carbons (Fsp3) is 0.122. The lowest BCUT2D eigenvalue weighted by atomic mass is 10.0. The summed E-state index contributed by atoms with van der Waals surface area (Å²) in [5, 5.41) is 18.8. The molecule has 0 bridgehead atoms. The smallest absolute Gasteiger partial charge is 0.375 e. The molecule has 278 valence electrons.